The van der Waals surface area contributed by atoms with Crippen molar-refractivity contribution in [3.63, 3.8) is 0 Å². The molecule has 140 valence electrons. The first-order chi connectivity index (χ1) is 13.4. The van der Waals surface area contributed by atoms with Crippen molar-refractivity contribution in [2.75, 3.05) is 5.32 Å². The highest BCUT2D eigenvalue weighted by atomic mass is 35.5. The fourth-order valence-corrected chi connectivity index (χ4v) is 3.27. The number of anilines is 1. The molecule has 1 N–H and O–H groups in total. The van der Waals surface area contributed by atoms with Gasteiger partial charge >= 0.3 is 0 Å². The molecule has 0 aliphatic heterocycles. The molecular weight excluding hydrogens is 393 g/mol. The number of nitriles is 1. The monoisotopic (exact) mass is 409 g/mol. The molecule has 3 aromatic rings. The van der Waals surface area contributed by atoms with Gasteiger partial charge in [0.1, 0.15) is 11.6 Å². The third-order valence-electron chi connectivity index (χ3n) is 4.33. The minimum atomic E-state index is -0.451. The molecule has 0 radical (unpaired) electrons. The van der Waals surface area contributed by atoms with E-state index in [9.17, 15) is 10.1 Å². The van der Waals surface area contributed by atoms with Crippen LogP contribution in [0.15, 0.2) is 60.2 Å². The Hall–Kier alpha value is -3.00. The molecule has 0 bridgehead atoms. The Labute approximate surface area is 173 Å². The van der Waals surface area contributed by atoms with E-state index in [0.29, 0.717) is 15.7 Å². The van der Waals surface area contributed by atoms with Gasteiger partial charge in [0.15, 0.2) is 0 Å². The lowest BCUT2D eigenvalue weighted by molar-refractivity contribution is -0.112. The van der Waals surface area contributed by atoms with E-state index in [1.807, 2.05) is 54.8 Å². The molecule has 3 rings (SSSR count). The van der Waals surface area contributed by atoms with Crippen LogP contribution in [0.5, 0.6) is 0 Å². The lowest BCUT2D eigenvalue weighted by atomic mass is 10.1. The molecule has 0 saturated carbocycles. The molecule has 1 aromatic heterocycles. The first-order valence-corrected chi connectivity index (χ1v) is 9.29. The van der Waals surface area contributed by atoms with Crippen LogP contribution < -0.4 is 5.32 Å². The number of halogens is 2. The van der Waals surface area contributed by atoms with Crippen LogP contribution in [0.25, 0.3) is 11.8 Å². The van der Waals surface area contributed by atoms with Crippen LogP contribution in [-0.4, -0.2) is 10.5 Å². The first kappa shape index (κ1) is 19.8. The Morgan fingerprint density at radius 1 is 1.07 bits per heavy atom. The number of carbonyl (C=O) groups is 1. The highest BCUT2D eigenvalue weighted by Gasteiger charge is 2.14. The maximum atomic E-state index is 12.5. The highest BCUT2D eigenvalue weighted by Crippen LogP contribution is 2.28. The molecule has 0 aliphatic rings. The maximum Gasteiger partial charge on any atom is 0.266 e. The summed E-state index contributed by atoms with van der Waals surface area (Å²) >= 11 is 12.2. The van der Waals surface area contributed by atoms with E-state index in [0.717, 1.165) is 22.6 Å². The Kier molecular flexibility index (Phi) is 5.89. The lowest BCUT2D eigenvalue weighted by Gasteiger charge is -2.10. The van der Waals surface area contributed by atoms with E-state index in [4.69, 9.17) is 23.2 Å². The van der Waals surface area contributed by atoms with Gasteiger partial charge in [0, 0.05) is 22.8 Å². The Morgan fingerprint density at radius 2 is 1.79 bits per heavy atom. The number of carbonyl (C=O) groups excluding carboxylic acids is 1. The van der Waals surface area contributed by atoms with Crippen LogP contribution in [0.4, 0.5) is 5.69 Å². The van der Waals surface area contributed by atoms with Gasteiger partial charge in [0.2, 0.25) is 0 Å². The lowest BCUT2D eigenvalue weighted by Crippen LogP contribution is -2.13. The van der Waals surface area contributed by atoms with Crippen molar-refractivity contribution in [3.8, 4) is 11.8 Å². The van der Waals surface area contributed by atoms with Gasteiger partial charge in [-0.25, -0.2) is 0 Å². The molecule has 6 heteroatoms. The average molecular weight is 410 g/mol. The Bertz CT molecular complexity index is 1110. The van der Waals surface area contributed by atoms with Crippen LogP contribution in [0.3, 0.4) is 0 Å². The van der Waals surface area contributed by atoms with Crippen molar-refractivity contribution < 1.29 is 4.79 Å². The zero-order valence-corrected chi connectivity index (χ0v) is 16.8. The number of aromatic nitrogens is 1. The minimum Gasteiger partial charge on any atom is -0.321 e. The van der Waals surface area contributed by atoms with Gasteiger partial charge in [-0.3, -0.25) is 4.79 Å². The number of para-hydroxylation sites is 1. The predicted molar refractivity (Wildman–Crippen MR) is 114 cm³/mol. The summed E-state index contributed by atoms with van der Waals surface area (Å²) in [4.78, 5) is 12.5. The number of aryl methyl sites for hydroxylation is 1. The summed E-state index contributed by atoms with van der Waals surface area (Å²) in [5, 5.41) is 13.1. The van der Waals surface area contributed by atoms with Gasteiger partial charge in [0.05, 0.1) is 10.0 Å². The van der Waals surface area contributed by atoms with E-state index >= 15 is 0 Å². The summed E-state index contributed by atoms with van der Waals surface area (Å²) in [6, 6.07) is 18.3. The van der Waals surface area contributed by atoms with Gasteiger partial charge in [-0.1, -0.05) is 41.4 Å². The minimum absolute atomic E-state index is 0.0261. The number of nitrogens with zero attached hydrogens (tertiary/aromatic N) is 2. The number of nitrogens with one attached hydrogen (secondary N) is 1. The topological polar surface area (TPSA) is 57.8 Å². The number of hydrogen-bond acceptors (Lipinski definition) is 2. The zero-order chi connectivity index (χ0) is 20.3. The smallest absolute Gasteiger partial charge is 0.266 e. The quantitative estimate of drug-likeness (QED) is 0.427. The van der Waals surface area contributed by atoms with E-state index in [-0.39, 0.29) is 5.57 Å². The number of amides is 1. The molecule has 0 spiro atoms. The number of benzene rings is 2. The second-order valence-corrected chi connectivity index (χ2v) is 7.06. The molecule has 1 heterocycles. The van der Waals surface area contributed by atoms with Crippen LogP contribution in [-0.2, 0) is 4.79 Å². The fourth-order valence-electron chi connectivity index (χ4n) is 2.98. The molecule has 0 saturated heterocycles. The average Bonchev–Trinajstić information content (AvgIpc) is 2.96. The van der Waals surface area contributed by atoms with E-state index < -0.39 is 5.91 Å². The van der Waals surface area contributed by atoms with Crippen molar-refractivity contribution in [1.29, 1.82) is 5.26 Å². The largest absolute Gasteiger partial charge is 0.321 e. The molecule has 1 amide bonds. The van der Waals surface area contributed by atoms with E-state index in [1.54, 1.807) is 30.3 Å². The molecule has 28 heavy (non-hydrogen) atoms. The van der Waals surface area contributed by atoms with Gasteiger partial charge < -0.3 is 9.88 Å². The summed E-state index contributed by atoms with van der Waals surface area (Å²) in [5.74, 6) is -0.451. The van der Waals surface area contributed by atoms with E-state index in [2.05, 4.69) is 5.32 Å². The summed E-state index contributed by atoms with van der Waals surface area (Å²) in [5.41, 5.74) is 4.13. The first-order valence-electron chi connectivity index (χ1n) is 8.53. The van der Waals surface area contributed by atoms with Gasteiger partial charge in [-0.05, 0) is 61.9 Å². The molecule has 0 fully saturated rings. The van der Waals surface area contributed by atoms with Crippen LogP contribution in [0, 0.1) is 25.2 Å². The maximum absolute atomic E-state index is 12.5. The zero-order valence-electron chi connectivity index (χ0n) is 15.3. The van der Waals surface area contributed by atoms with Gasteiger partial charge in [-0.15, -0.1) is 0 Å². The van der Waals surface area contributed by atoms with E-state index in [1.165, 1.54) is 0 Å². The van der Waals surface area contributed by atoms with Crippen molar-refractivity contribution in [3.05, 3.63) is 87.2 Å². The van der Waals surface area contributed by atoms with Crippen LogP contribution >= 0.6 is 23.2 Å². The molecule has 0 aliphatic carbocycles. The van der Waals surface area contributed by atoms with Gasteiger partial charge in [-0.2, -0.15) is 5.26 Å². The highest BCUT2D eigenvalue weighted by molar-refractivity contribution is 6.42. The Balaban J connectivity index is 1.96. The van der Waals surface area contributed by atoms with Crippen LogP contribution in [0.2, 0.25) is 10.0 Å². The summed E-state index contributed by atoms with van der Waals surface area (Å²) in [6.07, 6.45) is 1.59. The third-order valence-corrected chi connectivity index (χ3v) is 5.07. The standard InChI is InChI=1S/C22H17Cl2N3O/c1-14-10-16(15(2)27(14)19-8-9-20(23)21(24)12-19)11-17(13-25)22(28)26-18-6-4-3-5-7-18/h3-12H,1-2H3,(H,26,28)/b17-11+. The van der Waals surface area contributed by atoms with Crippen molar-refractivity contribution in [1.82, 2.24) is 4.57 Å². The van der Waals surface area contributed by atoms with Crippen molar-refractivity contribution in [2.24, 2.45) is 0 Å². The third kappa shape index (κ3) is 4.12. The fraction of sp³-hybridized carbons (Fsp3) is 0.0909. The molecule has 2 aromatic carbocycles. The molecular formula is C22H17Cl2N3O. The second kappa shape index (κ2) is 8.35. The van der Waals surface area contributed by atoms with Crippen molar-refractivity contribution >= 4 is 40.9 Å². The van der Waals surface area contributed by atoms with Crippen LogP contribution in [0.1, 0.15) is 17.0 Å². The van der Waals surface area contributed by atoms with Gasteiger partial charge in [0.25, 0.3) is 5.91 Å². The molecule has 0 atom stereocenters. The number of hydrogen-bond donors (Lipinski definition) is 1. The summed E-state index contributed by atoms with van der Waals surface area (Å²) < 4.78 is 2.00. The normalized spacial score (nSPS) is 11.2. The number of rotatable bonds is 4. The Morgan fingerprint density at radius 3 is 2.43 bits per heavy atom. The van der Waals surface area contributed by atoms with Crippen molar-refractivity contribution in [2.45, 2.75) is 13.8 Å². The second-order valence-electron chi connectivity index (χ2n) is 6.25. The molecule has 4 nitrogen and oxygen atoms in total. The summed E-state index contributed by atoms with van der Waals surface area (Å²) in [7, 11) is 0. The summed E-state index contributed by atoms with van der Waals surface area (Å²) in [6.45, 7) is 3.87. The predicted octanol–water partition coefficient (Wildman–Crippen LogP) is 5.95. The molecule has 0 unspecified atom stereocenters. The SMILES string of the molecule is Cc1cc(/C=C(\C#N)C(=O)Nc2ccccc2)c(C)n1-c1ccc(Cl)c(Cl)c1.